The highest BCUT2D eigenvalue weighted by Gasteiger charge is 1.97. The minimum atomic E-state index is 0.322. The van der Waals surface area contributed by atoms with Crippen LogP contribution in [0.4, 0.5) is 0 Å². The summed E-state index contributed by atoms with van der Waals surface area (Å²) >= 11 is 0. The summed E-state index contributed by atoms with van der Waals surface area (Å²) < 4.78 is 0. The number of benzene rings is 4. The molecule has 0 radical (unpaired) electrons. The van der Waals surface area contributed by atoms with Gasteiger partial charge in [0.25, 0.3) is 0 Å². The van der Waals surface area contributed by atoms with E-state index in [0.29, 0.717) is 11.5 Å². The molecule has 2 heteroatoms. The lowest BCUT2D eigenvalue weighted by molar-refractivity contribution is 0.475. The molecule has 0 aliphatic rings. The number of phenols is 2. The Morgan fingerprint density at radius 2 is 0.733 bits per heavy atom. The van der Waals surface area contributed by atoms with Crippen LogP contribution in [-0.2, 0) is 12.8 Å². The molecule has 30 heavy (non-hydrogen) atoms. The molecule has 0 spiro atoms. The van der Waals surface area contributed by atoms with Crippen molar-refractivity contribution in [2.45, 2.75) is 26.7 Å². The van der Waals surface area contributed by atoms with E-state index >= 15 is 0 Å². The Labute approximate surface area is 180 Å². The van der Waals surface area contributed by atoms with Gasteiger partial charge in [-0.2, -0.15) is 0 Å². The second-order valence-electron chi connectivity index (χ2n) is 6.77. The van der Waals surface area contributed by atoms with E-state index in [-0.39, 0.29) is 0 Å². The first kappa shape index (κ1) is 22.8. The number of hydrogen-bond donors (Lipinski definition) is 2. The van der Waals surface area contributed by atoms with Crippen molar-refractivity contribution in [3.05, 3.63) is 120 Å². The molecule has 0 saturated heterocycles. The zero-order valence-corrected chi connectivity index (χ0v) is 17.7. The van der Waals surface area contributed by atoms with E-state index in [1.165, 1.54) is 22.3 Å². The van der Waals surface area contributed by atoms with E-state index < -0.39 is 0 Å². The maximum absolute atomic E-state index is 8.63. The summed E-state index contributed by atoms with van der Waals surface area (Å²) in [6, 6.07) is 35.1. The molecule has 0 heterocycles. The lowest BCUT2D eigenvalue weighted by Gasteiger charge is -2.04. The number of para-hydroxylation sites is 2. The van der Waals surface area contributed by atoms with Crippen LogP contribution >= 0.6 is 0 Å². The SMILES string of the molecule is CCc1ccc(-c2ccc(CC)cc2)cc1.Oc1ccccc1.Oc1ccccc1. The number of aryl methyl sites for hydroxylation is 2. The molecular formula is C28H30O2. The van der Waals surface area contributed by atoms with Crippen molar-refractivity contribution in [3.8, 4) is 22.6 Å². The Bertz CT molecular complexity index is 862. The van der Waals surface area contributed by atoms with Crippen LogP contribution in [0.5, 0.6) is 11.5 Å². The second kappa shape index (κ2) is 12.8. The van der Waals surface area contributed by atoms with Crippen molar-refractivity contribution in [3.63, 3.8) is 0 Å². The zero-order valence-electron chi connectivity index (χ0n) is 17.7. The average molecular weight is 399 g/mol. The molecule has 0 unspecified atom stereocenters. The number of phenolic OH excluding ortho intramolecular Hbond substituents is 2. The lowest BCUT2D eigenvalue weighted by Crippen LogP contribution is -1.83. The van der Waals surface area contributed by atoms with Crippen LogP contribution < -0.4 is 0 Å². The smallest absolute Gasteiger partial charge is 0.115 e. The van der Waals surface area contributed by atoms with Crippen molar-refractivity contribution in [1.29, 1.82) is 0 Å². The number of rotatable bonds is 3. The molecule has 0 aromatic heterocycles. The van der Waals surface area contributed by atoms with Gasteiger partial charge >= 0.3 is 0 Å². The first-order valence-electron chi connectivity index (χ1n) is 10.3. The Morgan fingerprint density at radius 3 is 0.933 bits per heavy atom. The van der Waals surface area contributed by atoms with Crippen LogP contribution in [-0.4, -0.2) is 10.2 Å². The third kappa shape index (κ3) is 8.24. The van der Waals surface area contributed by atoms with E-state index in [0.717, 1.165) is 12.8 Å². The van der Waals surface area contributed by atoms with Gasteiger partial charge in [-0.05, 0) is 59.4 Å². The molecule has 0 aliphatic carbocycles. The molecule has 2 N–H and O–H groups in total. The van der Waals surface area contributed by atoms with Gasteiger partial charge in [0.15, 0.2) is 0 Å². The molecule has 154 valence electrons. The van der Waals surface area contributed by atoms with Gasteiger partial charge in [0.05, 0.1) is 0 Å². The predicted molar refractivity (Wildman–Crippen MR) is 127 cm³/mol. The standard InChI is InChI=1S/C16H18.2C6H6O/c1-3-13-5-9-15(10-6-13)16-11-7-14(4-2)8-12-16;2*7-6-4-2-1-3-5-6/h5-12H,3-4H2,1-2H3;2*1-5,7H. The molecular weight excluding hydrogens is 368 g/mol. The minimum absolute atomic E-state index is 0.322. The van der Waals surface area contributed by atoms with E-state index in [1.54, 1.807) is 48.5 Å². The summed E-state index contributed by atoms with van der Waals surface area (Å²) in [5.74, 6) is 0.644. The van der Waals surface area contributed by atoms with Crippen LogP contribution in [0.2, 0.25) is 0 Å². The molecule has 0 fully saturated rings. The first-order valence-corrected chi connectivity index (χ1v) is 10.3. The molecule has 4 aromatic rings. The third-order valence-electron chi connectivity index (χ3n) is 4.57. The van der Waals surface area contributed by atoms with Crippen molar-refractivity contribution in [2.24, 2.45) is 0 Å². The molecule has 0 bridgehead atoms. The largest absolute Gasteiger partial charge is 0.508 e. The molecule has 4 rings (SSSR count). The summed E-state index contributed by atoms with van der Waals surface area (Å²) in [5, 5.41) is 17.3. The van der Waals surface area contributed by atoms with Gasteiger partial charge in [0.2, 0.25) is 0 Å². The highest BCUT2D eigenvalue weighted by atomic mass is 16.3. The van der Waals surface area contributed by atoms with Gasteiger partial charge in [-0.15, -0.1) is 0 Å². The Balaban J connectivity index is 0.000000188. The summed E-state index contributed by atoms with van der Waals surface area (Å²) in [4.78, 5) is 0. The highest BCUT2D eigenvalue weighted by molar-refractivity contribution is 5.63. The average Bonchev–Trinajstić information content (AvgIpc) is 2.81. The fraction of sp³-hybridized carbons (Fsp3) is 0.143. The van der Waals surface area contributed by atoms with Gasteiger partial charge in [0.1, 0.15) is 11.5 Å². The van der Waals surface area contributed by atoms with Crippen LogP contribution in [0.25, 0.3) is 11.1 Å². The van der Waals surface area contributed by atoms with Gasteiger partial charge in [-0.3, -0.25) is 0 Å². The molecule has 0 atom stereocenters. The fourth-order valence-electron chi connectivity index (χ4n) is 2.72. The predicted octanol–water partition coefficient (Wildman–Crippen LogP) is 7.26. The topological polar surface area (TPSA) is 40.5 Å². The summed E-state index contributed by atoms with van der Waals surface area (Å²) in [7, 11) is 0. The van der Waals surface area contributed by atoms with Crippen LogP contribution in [0.1, 0.15) is 25.0 Å². The zero-order chi connectivity index (χ0) is 21.6. The molecule has 0 amide bonds. The Hall–Kier alpha value is -3.52. The third-order valence-corrected chi connectivity index (χ3v) is 4.57. The summed E-state index contributed by atoms with van der Waals surface area (Å²) in [5.41, 5.74) is 5.41. The maximum atomic E-state index is 8.63. The maximum Gasteiger partial charge on any atom is 0.115 e. The van der Waals surface area contributed by atoms with E-state index in [1.807, 2.05) is 12.1 Å². The van der Waals surface area contributed by atoms with Crippen molar-refractivity contribution in [2.75, 3.05) is 0 Å². The highest BCUT2D eigenvalue weighted by Crippen LogP contribution is 2.20. The molecule has 0 aliphatic heterocycles. The monoisotopic (exact) mass is 398 g/mol. The summed E-state index contributed by atoms with van der Waals surface area (Å²) in [6.07, 6.45) is 2.21. The van der Waals surface area contributed by atoms with E-state index in [4.69, 9.17) is 10.2 Å². The quantitative estimate of drug-likeness (QED) is 0.381. The minimum Gasteiger partial charge on any atom is -0.508 e. The molecule has 2 nitrogen and oxygen atoms in total. The number of hydrogen-bond acceptors (Lipinski definition) is 2. The summed E-state index contributed by atoms with van der Waals surface area (Å²) in [6.45, 7) is 4.37. The van der Waals surface area contributed by atoms with Crippen molar-refractivity contribution >= 4 is 0 Å². The van der Waals surface area contributed by atoms with Gasteiger partial charge in [-0.25, -0.2) is 0 Å². The molecule has 4 aromatic carbocycles. The van der Waals surface area contributed by atoms with Crippen LogP contribution in [0.3, 0.4) is 0 Å². The Morgan fingerprint density at radius 1 is 0.433 bits per heavy atom. The van der Waals surface area contributed by atoms with E-state index in [9.17, 15) is 0 Å². The van der Waals surface area contributed by atoms with Gasteiger partial charge < -0.3 is 10.2 Å². The Kier molecular flexibility index (Phi) is 9.75. The fourth-order valence-corrected chi connectivity index (χ4v) is 2.72. The van der Waals surface area contributed by atoms with Crippen molar-refractivity contribution < 1.29 is 10.2 Å². The van der Waals surface area contributed by atoms with Crippen LogP contribution in [0.15, 0.2) is 109 Å². The second-order valence-corrected chi connectivity index (χ2v) is 6.77. The lowest BCUT2D eigenvalue weighted by atomic mass is 10.0. The molecule has 0 saturated carbocycles. The number of aromatic hydroxyl groups is 2. The van der Waals surface area contributed by atoms with Gasteiger partial charge in [0, 0.05) is 0 Å². The van der Waals surface area contributed by atoms with Crippen LogP contribution in [0, 0.1) is 0 Å². The first-order chi connectivity index (χ1) is 14.6. The van der Waals surface area contributed by atoms with Crippen molar-refractivity contribution in [1.82, 2.24) is 0 Å². The van der Waals surface area contributed by atoms with E-state index in [2.05, 4.69) is 62.4 Å². The van der Waals surface area contributed by atoms with Gasteiger partial charge in [-0.1, -0.05) is 98.8 Å². The normalized spacial score (nSPS) is 9.53.